The van der Waals surface area contributed by atoms with Crippen molar-refractivity contribution in [1.82, 2.24) is 15.0 Å². The van der Waals surface area contributed by atoms with Crippen molar-refractivity contribution < 1.29 is 5.11 Å². The zero-order valence-electron chi connectivity index (χ0n) is 8.38. The highest BCUT2D eigenvalue weighted by molar-refractivity contribution is 5.53. The molecule has 4 nitrogen and oxygen atoms in total. The van der Waals surface area contributed by atoms with Crippen molar-refractivity contribution in [2.75, 3.05) is 0 Å². The molecule has 0 radical (unpaired) electrons. The van der Waals surface area contributed by atoms with Gasteiger partial charge in [-0.15, -0.1) is 0 Å². The Morgan fingerprint density at radius 3 is 2.73 bits per heavy atom. The van der Waals surface area contributed by atoms with Gasteiger partial charge in [-0.1, -0.05) is 6.07 Å². The van der Waals surface area contributed by atoms with Crippen LogP contribution in [0.25, 0.3) is 11.4 Å². The molecule has 2 aromatic heterocycles. The molecule has 0 fully saturated rings. The second-order valence-corrected chi connectivity index (χ2v) is 3.18. The summed E-state index contributed by atoms with van der Waals surface area (Å²) in [4.78, 5) is 12.5. The van der Waals surface area contributed by atoms with E-state index in [9.17, 15) is 0 Å². The molecule has 2 aromatic rings. The predicted octanol–water partition coefficient (Wildman–Crippen LogP) is 1.34. The standard InChI is InChI=1S/C11H11N3O/c1-8-6-10(14-11(7-15)13-8)9-4-2-3-5-12-9/h2-6,15H,7H2,1H3. The molecule has 0 aliphatic heterocycles. The molecule has 0 saturated carbocycles. The average Bonchev–Trinajstić information content (AvgIpc) is 2.29. The lowest BCUT2D eigenvalue weighted by Crippen LogP contribution is -1.99. The zero-order valence-corrected chi connectivity index (χ0v) is 8.38. The molecule has 0 spiro atoms. The van der Waals surface area contributed by atoms with Gasteiger partial charge in [0.1, 0.15) is 6.61 Å². The van der Waals surface area contributed by atoms with Crippen LogP contribution in [0.3, 0.4) is 0 Å². The number of hydrogen-bond acceptors (Lipinski definition) is 4. The van der Waals surface area contributed by atoms with Crippen LogP contribution in [-0.4, -0.2) is 20.1 Å². The Balaban J connectivity index is 2.49. The van der Waals surface area contributed by atoms with E-state index in [-0.39, 0.29) is 6.61 Å². The molecule has 0 aromatic carbocycles. The molecule has 15 heavy (non-hydrogen) atoms. The first-order valence-corrected chi connectivity index (χ1v) is 4.66. The molecular formula is C11H11N3O. The van der Waals surface area contributed by atoms with Gasteiger partial charge in [0.05, 0.1) is 11.4 Å². The van der Waals surface area contributed by atoms with E-state index in [1.54, 1.807) is 6.20 Å². The van der Waals surface area contributed by atoms with Crippen LogP contribution >= 0.6 is 0 Å². The summed E-state index contributed by atoms with van der Waals surface area (Å²) in [6, 6.07) is 7.48. The molecular weight excluding hydrogens is 190 g/mol. The normalized spacial score (nSPS) is 10.3. The Labute approximate surface area is 87.7 Å². The second-order valence-electron chi connectivity index (χ2n) is 3.18. The summed E-state index contributed by atoms with van der Waals surface area (Å²) in [7, 11) is 0. The Hall–Kier alpha value is -1.81. The van der Waals surface area contributed by atoms with Crippen LogP contribution in [0, 0.1) is 6.92 Å². The Morgan fingerprint density at radius 2 is 2.07 bits per heavy atom. The monoisotopic (exact) mass is 201 g/mol. The number of aliphatic hydroxyl groups excluding tert-OH is 1. The van der Waals surface area contributed by atoms with Crippen LogP contribution in [0.1, 0.15) is 11.5 Å². The summed E-state index contributed by atoms with van der Waals surface area (Å²) in [5, 5.41) is 8.99. The van der Waals surface area contributed by atoms with Gasteiger partial charge in [0, 0.05) is 11.9 Å². The van der Waals surface area contributed by atoms with E-state index in [0.29, 0.717) is 5.82 Å². The molecule has 0 atom stereocenters. The molecule has 2 heterocycles. The highest BCUT2D eigenvalue weighted by Gasteiger charge is 2.04. The lowest BCUT2D eigenvalue weighted by atomic mass is 10.2. The van der Waals surface area contributed by atoms with Gasteiger partial charge in [-0.25, -0.2) is 9.97 Å². The van der Waals surface area contributed by atoms with E-state index >= 15 is 0 Å². The molecule has 0 aliphatic rings. The van der Waals surface area contributed by atoms with Gasteiger partial charge in [-0.3, -0.25) is 4.98 Å². The van der Waals surface area contributed by atoms with Gasteiger partial charge in [0.15, 0.2) is 5.82 Å². The van der Waals surface area contributed by atoms with Crippen molar-refractivity contribution in [1.29, 1.82) is 0 Å². The first-order chi connectivity index (χ1) is 7.29. The van der Waals surface area contributed by atoms with Gasteiger partial charge in [0.2, 0.25) is 0 Å². The summed E-state index contributed by atoms with van der Waals surface area (Å²) >= 11 is 0. The molecule has 1 N–H and O–H groups in total. The number of hydrogen-bond donors (Lipinski definition) is 1. The predicted molar refractivity (Wildman–Crippen MR) is 55.9 cm³/mol. The average molecular weight is 201 g/mol. The van der Waals surface area contributed by atoms with Crippen molar-refractivity contribution in [2.24, 2.45) is 0 Å². The maximum atomic E-state index is 8.99. The Morgan fingerprint density at radius 1 is 1.20 bits per heavy atom. The Kier molecular flexibility index (Phi) is 2.69. The number of aliphatic hydroxyl groups is 1. The maximum absolute atomic E-state index is 8.99. The SMILES string of the molecule is Cc1cc(-c2ccccn2)nc(CO)n1. The molecule has 2 rings (SSSR count). The first-order valence-electron chi connectivity index (χ1n) is 4.66. The fourth-order valence-corrected chi connectivity index (χ4v) is 1.35. The maximum Gasteiger partial charge on any atom is 0.154 e. The van der Waals surface area contributed by atoms with Crippen molar-refractivity contribution >= 4 is 0 Å². The first kappa shape index (κ1) is 9.73. The van der Waals surface area contributed by atoms with Crippen LogP contribution in [0.4, 0.5) is 0 Å². The molecule has 0 saturated heterocycles. The van der Waals surface area contributed by atoms with Gasteiger partial charge in [-0.2, -0.15) is 0 Å². The van der Waals surface area contributed by atoms with E-state index in [1.165, 1.54) is 0 Å². The van der Waals surface area contributed by atoms with Crippen LogP contribution in [0.5, 0.6) is 0 Å². The number of aromatic nitrogens is 3. The molecule has 0 aliphatic carbocycles. The number of nitrogens with zero attached hydrogens (tertiary/aromatic N) is 3. The largest absolute Gasteiger partial charge is 0.388 e. The third-order valence-corrected chi connectivity index (χ3v) is 1.97. The lowest BCUT2D eigenvalue weighted by molar-refractivity contribution is 0.271. The van der Waals surface area contributed by atoms with Crippen molar-refractivity contribution in [3.8, 4) is 11.4 Å². The van der Waals surface area contributed by atoms with Gasteiger partial charge in [0.25, 0.3) is 0 Å². The minimum absolute atomic E-state index is 0.151. The van der Waals surface area contributed by atoms with Gasteiger partial charge >= 0.3 is 0 Å². The van der Waals surface area contributed by atoms with Crippen molar-refractivity contribution in [3.63, 3.8) is 0 Å². The number of pyridine rings is 1. The Bertz CT molecular complexity index is 457. The van der Waals surface area contributed by atoms with E-state index in [0.717, 1.165) is 17.1 Å². The molecule has 4 heteroatoms. The third-order valence-electron chi connectivity index (χ3n) is 1.97. The molecule has 0 amide bonds. The fourth-order valence-electron chi connectivity index (χ4n) is 1.35. The smallest absolute Gasteiger partial charge is 0.154 e. The summed E-state index contributed by atoms with van der Waals surface area (Å²) < 4.78 is 0. The zero-order chi connectivity index (χ0) is 10.7. The van der Waals surface area contributed by atoms with Crippen LogP contribution in [0.15, 0.2) is 30.5 Å². The van der Waals surface area contributed by atoms with Gasteiger partial charge in [-0.05, 0) is 25.1 Å². The van der Waals surface area contributed by atoms with Crippen LogP contribution in [0.2, 0.25) is 0 Å². The lowest BCUT2D eigenvalue weighted by Gasteiger charge is -2.03. The molecule has 0 unspecified atom stereocenters. The summed E-state index contributed by atoms with van der Waals surface area (Å²) in [5.74, 6) is 0.427. The van der Waals surface area contributed by atoms with Crippen molar-refractivity contribution in [3.05, 3.63) is 42.0 Å². The molecule has 0 bridgehead atoms. The molecule has 76 valence electrons. The summed E-state index contributed by atoms with van der Waals surface area (Å²) in [6.07, 6.45) is 1.71. The fraction of sp³-hybridized carbons (Fsp3) is 0.182. The second kappa shape index (κ2) is 4.14. The number of rotatable bonds is 2. The minimum atomic E-state index is -0.151. The van der Waals surface area contributed by atoms with E-state index in [2.05, 4.69) is 15.0 Å². The highest BCUT2D eigenvalue weighted by Crippen LogP contribution is 2.14. The van der Waals surface area contributed by atoms with Crippen LogP contribution < -0.4 is 0 Å². The van der Waals surface area contributed by atoms with Crippen molar-refractivity contribution in [2.45, 2.75) is 13.5 Å². The number of aryl methyl sites for hydroxylation is 1. The summed E-state index contributed by atoms with van der Waals surface area (Å²) in [5.41, 5.74) is 2.36. The summed E-state index contributed by atoms with van der Waals surface area (Å²) in [6.45, 7) is 1.72. The quantitative estimate of drug-likeness (QED) is 0.796. The third kappa shape index (κ3) is 2.16. The van der Waals surface area contributed by atoms with Crippen LogP contribution in [-0.2, 0) is 6.61 Å². The van der Waals surface area contributed by atoms with E-state index in [1.807, 2.05) is 31.2 Å². The van der Waals surface area contributed by atoms with E-state index < -0.39 is 0 Å². The van der Waals surface area contributed by atoms with Gasteiger partial charge < -0.3 is 5.11 Å². The minimum Gasteiger partial charge on any atom is -0.388 e. The highest BCUT2D eigenvalue weighted by atomic mass is 16.3. The topological polar surface area (TPSA) is 58.9 Å². The van der Waals surface area contributed by atoms with E-state index in [4.69, 9.17) is 5.11 Å².